The smallest absolute Gasteiger partial charge is 0.338 e. The van der Waals surface area contributed by atoms with Crippen molar-refractivity contribution >= 4 is 17.6 Å². The summed E-state index contributed by atoms with van der Waals surface area (Å²) in [6.07, 6.45) is -2.37. The predicted molar refractivity (Wildman–Crippen MR) is 94.6 cm³/mol. The maximum atomic E-state index is 11.8. The van der Waals surface area contributed by atoms with Gasteiger partial charge in [-0.15, -0.1) is 0 Å². The van der Waals surface area contributed by atoms with Crippen LogP contribution in [0.4, 0.5) is 0 Å². The number of rotatable bonds is 8. The second-order valence-corrected chi connectivity index (χ2v) is 5.71. The lowest BCUT2D eigenvalue weighted by atomic mass is 10.0. The molecule has 0 spiro atoms. The highest BCUT2D eigenvalue weighted by Gasteiger charge is 2.31. The van der Waals surface area contributed by atoms with Gasteiger partial charge in [0.2, 0.25) is 0 Å². The highest BCUT2D eigenvalue weighted by Crippen LogP contribution is 2.30. The Morgan fingerprint density at radius 3 is 2.52 bits per heavy atom. The van der Waals surface area contributed by atoms with Crippen molar-refractivity contribution in [1.82, 2.24) is 0 Å². The van der Waals surface area contributed by atoms with Crippen molar-refractivity contribution in [3.05, 3.63) is 64.7 Å². The van der Waals surface area contributed by atoms with Crippen molar-refractivity contribution < 1.29 is 24.1 Å². The average Bonchev–Trinajstić information content (AvgIpc) is 2.64. The fraction of sp³-hybridized carbons (Fsp3) is 0.316. The van der Waals surface area contributed by atoms with Gasteiger partial charge in [0.25, 0.3) is 0 Å². The number of hydrogen-bond acceptors (Lipinski definition) is 5. The molecule has 0 bridgehead atoms. The first-order valence-electron chi connectivity index (χ1n) is 7.90. The van der Waals surface area contributed by atoms with Gasteiger partial charge in [-0.2, -0.15) is 0 Å². The number of carbonyl (C=O) groups excluding carboxylic acids is 1. The molecule has 0 aromatic heterocycles. The third-order valence-electron chi connectivity index (χ3n) is 3.61. The molecule has 0 aliphatic rings. The lowest BCUT2D eigenvalue weighted by Crippen LogP contribution is -2.32. The van der Waals surface area contributed by atoms with E-state index >= 15 is 0 Å². The number of halogens is 1. The van der Waals surface area contributed by atoms with Crippen LogP contribution in [0.3, 0.4) is 0 Å². The standard InChI is InChI=1S/C19H21ClO5/c1-3-24-18(19(22)23-2)17(21)15-10-9-14(11-16(15)20)25-12-13-7-5-4-6-8-13/h4-11,17-18,21H,3,12H2,1-2H3. The first-order valence-corrected chi connectivity index (χ1v) is 8.28. The Hall–Kier alpha value is -2.08. The molecule has 134 valence electrons. The maximum absolute atomic E-state index is 11.8. The number of aliphatic hydroxyl groups excluding tert-OH is 1. The summed E-state index contributed by atoms with van der Waals surface area (Å²) in [7, 11) is 1.24. The van der Waals surface area contributed by atoms with E-state index < -0.39 is 18.2 Å². The van der Waals surface area contributed by atoms with Gasteiger partial charge in [0.1, 0.15) is 18.5 Å². The molecule has 0 saturated carbocycles. The van der Waals surface area contributed by atoms with Gasteiger partial charge in [-0.25, -0.2) is 4.79 Å². The molecule has 0 heterocycles. The molecule has 2 aromatic rings. The van der Waals surface area contributed by atoms with Gasteiger partial charge in [-0.3, -0.25) is 0 Å². The summed E-state index contributed by atoms with van der Waals surface area (Å²) in [4.78, 5) is 11.8. The second-order valence-electron chi connectivity index (χ2n) is 5.30. The number of esters is 1. The lowest BCUT2D eigenvalue weighted by molar-refractivity contribution is -0.162. The van der Waals surface area contributed by atoms with E-state index in [1.54, 1.807) is 25.1 Å². The Bertz CT molecular complexity index is 689. The van der Waals surface area contributed by atoms with Crippen LogP contribution in [0.25, 0.3) is 0 Å². The first-order chi connectivity index (χ1) is 12.1. The molecule has 0 amide bonds. The Kier molecular flexibility index (Phi) is 7.25. The Balaban J connectivity index is 2.10. The number of ether oxygens (including phenoxy) is 3. The van der Waals surface area contributed by atoms with Crippen molar-refractivity contribution in [2.45, 2.75) is 25.7 Å². The molecule has 2 atom stereocenters. The van der Waals surface area contributed by atoms with Crippen molar-refractivity contribution in [2.24, 2.45) is 0 Å². The predicted octanol–water partition coefficient (Wildman–Crippen LogP) is 3.53. The number of hydrogen-bond donors (Lipinski definition) is 1. The monoisotopic (exact) mass is 364 g/mol. The van der Waals surface area contributed by atoms with Gasteiger partial charge < -0.3 is 19.3 Å². The van der Waals surface area contributed by atoms with Crippen LogP contribution in [0.2, 0.25) is 5.02 Å². The van der Waals surface area contributed by atoms with Crippen LogP contribution in [-0.4, -0.2) is 30.9 Å². The average molecular weight is 365 g/mol. The highest BCUT2D eigenvalue weighted by molar-refractivity contribution is 6.31. The lowest BCUT2D eigenvalue weighted by Gasteiger charge is -2.22. The van der Waals surface area contributed by atoms with E-state index in [4.69, 9.17) is 21.1 Å². The molecule has 0 fully saturated rings. The van der Waals surface area contributed by atoms with E-state index in [9.17, 15) is 9.90 Å². The molecular formula is C19H21ClO5. The van der Waals surface area contributed by atoms with Gasteiger partial charge in [-0.05, 0) is 24.6 Å². The van der Waals surface area contributed by atoms with Crippen LogP contribution in [-0.2, 0) is 20.9 Å². The number of aliphatic hydroxyl groups is 1. The molecule has 2 rings (SSSR count). The molecule has 0 radical (unpaired) electrons. The summed E-state index contributed by atoms with van der Waals surface area (Å²) >= 11 is 6.25. The van der Waals surface area contributed by atoms with Crippen molar-refractivity contribution in [3.63, 3.8) is 0 Å². The highest BCUT2D eigenvalue weighted by atomic mass is 35.5. The van der Waals surface area contributed by atoms with E-state index in [-0.39, 0.29) is 11.6 Å². The first kappa shape index (κ1) is 19.2. The molecule has 6 heteroatoms. The number of methoxy groups -OCH3 is 1. The van der Waals surface area contributed by atoms with Gasteiger partial charge in [0.05, 0.1) is 12.1 Å². The van der Waals surface area contributed by atoms with E-state index in [0.29, 0.717) is 17.9 Å². The number of carbonyl (C=O) groups is 1. The zero-order chi connectivity index (χ0) is 18.2. The molecule has 5 nitrogen and oxygen atoms in total. The quantitative estimate of drug-likeness (QED) is 0.726. The second kappa shape index (κ2) is 9.42. The minimum absolute atomic E-state index is 0.257. The SMILES string of the molecule is CCOC(C(=O)OC)C(O)c1ccc(OCc2ccccc2)cc1Cl. The van der Waals surface area contributed by atoms with Crippen molar-refractivity contribution in [3.8, 4) is 5.75 Å². The zero-order valence-electron chi connectivity index (χ0n) is 14.1. The van der Waals surface area contributed by atoms with E-state index in [1.807, 2.05) is 30.3 Å². The molecular weight excluding hydrogens is 344 g/mol. The molecule has 2 unspecified atom stereocenters. The summed E-state index contributed by atoms with van der Waals surface area (Å²) < 4.78 is 15.6. The topological polar surface area (TPSA) is 65.0 Å². The summed E-state index contributed by atoms with van der Waals surface area (Å²) in [5, 5.41) is 10.7. The Morgan fingerprint density at radius 2 is 1.92 bits per heavy atom. The van der Waals surface area contributed by atoms with Crippen LogP contribution in [0.5, 0.6) is 5.75 Å². The number of benzene rings is 2. The van der Waals surface area contributed by atoms with Crippen molar-refractivity contribution in [1.29, 1.82) is 0 Å². The molecule has 0 aliphatic carbocycles. The molecule has 25 heavy (non-hydrogen) atoms. The van der Waals surface area contributed by atoms with E-state index in [0.717, 1.165) is 5.56 Å². The summed E-state index contributed by atoms with van der Waals surface area (Å²) in [6.45, 7) is 2.39. The van der Waals surface area contributed by atoms with Gasteiger partial charge in [-0.1, -0.05) is 48.0 Å². The third kappa shape index (κ3) is 5.19. The van der Waals surface area contributed by atoms with Gasteiger partial charge in [0, 0.05) is 12.2 Å². The zero-order valence-corrected chi connectivity index (χ0v) is 14.9. The van der Waals surface area contributed by atoms with Crippen LogP contribution < -0.4 is 4.74 Å². The molecule has 1 N–H and O–H groups in total. The van der Waals surface area contributed by atoms with Crippen molar-refractivity contribution in [2.75, 3.05) is 13.7 Å². The Morgan fingerprint density at radius 1 is 1.20 bits per heavy atom. The van der Waals surface area contributed by atoms with E-state index in [1.165, 1.54) is 7.11 Å². The van der Waals surface area contributed by atoms with Gasteiger partial charge >= 0.3 is 5.97 Å². The third-order valence-corrected chi connectivity index (χ3v) is 3.93. The fourth-order valence-electron chi connectivity index (χ4n) is 2.33. The molecule has 0 aliphatic heterocycles. The van der Waals surface area contributed by atoms with Crippen LogP contribution in [0.15, 0.2) is 48.5 Å². The summed E-state index contributed by atoms with van der Waals surface area (Å²) in [5.74, 6) is -0.0920. The summed E-state index contributed by atoms with van der Waals surface area (Å²) in [5.41, 5.74) is 1.41. The van der Waals surface area contributed by atoms with E-state index in [2.05, 4.69) is 4.74 Å². The van der Waals surface area contributed by atoms with Crippen LogP contribution in [0.1, 0.15) is 24.2 Å². The Labute approximate surface area is 152 Å². The normalized spacial score (nSPS) is 13.1. The van der Waals surface area contributed by atoms with Crippen LogP contribution in [0, 0.1) is 0 Å². The largest absolute Gasteiger partial charge is 0.489 e. The maximum Gasteiger partial charge on any atom is 0.338 e. The van der Waals surface area contributed by atoms with Gasteiger partial charge in [0.15, 0.2) is 6.10 Å². The molecule has 2 aromatic carbocycles. The van der Waals surface area contributed by atoms with Crippen LogP contribution >= 0.6 is 11.6 Å². The molecule has 0 saturated heterocycles. The minimum atomic E-state index is -1.23. The minimum Gasteiger partial charge on any atom is -0.489 e. The summed E-state index contributed by atoms with van der Waals surface area (Å²) in [6, 6.07) is 14.6. The fourth-order valence-corrected chi connectivity index (χ4v) is 2.61.